The fourth-order valence-electron chi connectivity index (χ4n) is 1.95. The number of hydrogen-bond acceptors (Lipinski definition) is 5. The first-order chi connectivity index (χ1) is 11.1. The van der Waals surface area contributed by atoms with Crippen LogP contribution in [0.3, 0.4) is 0 Å². The first-order valence-corrected chi connectivity index (χ1v) is 6.68. The first-order valence-electron chi connectivity index (χ1n) is 6.68. The zero-order valence-corrected chi connectivity index (χ0v) is 12.6. The van der Waals surface area contributed by atoms with Gasteiger partial charge in [-0.1, -0.05) is 6.07 Å². The average molecular weight is 339 g/mol. The van der Waals surface area contributed by atoms with Crippen LogP contribution in [0.25, 0.3) is 0 Å². The third kappa shape index (κ3) is 3.50. The highest BCUT2D eigenvalue weighted by atomic mass is 19.4. The molecular formula is C15H12F3N3O3. The van der Waals surface area contributed by atoms with Crippen molar-refractivity contribution in [3.8, 4) is 5.75 Å². The van der Waals surface area contributed by atoms with Crippen molar-refractivity contribution in [2.45, 2.75) is 20.0 Å². The molecule has 24 heavy (non-hydrogen) atoms. The average Bonchev–Trinajstić information content (AvgIpc) is 2.50. The van der Waals surface area contributed by atoms with E-state index >= 15 is 0 Å². The summed E-state index contributed by atoms with van der Waals surface area (Å²) in [7, 11) is 0. The molecule has 0 aliphatic rings. The van der Waals surface area contributed by atoms with Gasteiger partial charge in [0.05, 0.1) is 10.5 Å². The number of phenols is 1. The van der Waals surface area contributed by atoms with Gasteiger partial charge in [-0.05, 0) is 43.2 Å². The summed E-state index contributed by atoms with van der Waals surface area (Å²) < 4.78 is 38.0. The van der Waals surface area contributed by atoms with Crippen LogP contribution >= 0.6 is 0 Å². The normalized spacial score (nSPS) is 11.9. The number of nitro groups is 1. The van der Waals surface area contributed by atoms with E-state index in [0.717, 1.165) is 11.6 Å². The molecule has 0 radical (unpaired) electrons. The Bertz CT molecular complexity index is 833. The van der Waals surface area contributed by atoms with E-state index in [1.54, 1.807) is 19.9 Å². The molecule has 0 amide bonds. The number of nitro benzene ring substituents is 1. The van der Waals surface area contributed by atoms with Crippen LogP contribution in [0.5, 0.6) is 5.75 Å². The molecule has 2 aromatic rings. The van der Waals surface area contributed by atoms with Crippen LogP contribution < -0.4 is 0 Å². The van der Waals surface area contributed by atoms with Gasteiger partial charge in [-0.3, -0.25) is 10.1 Å². The van der Waals surface area contributed by atoms with Gasteiger partial charge in [0.1, 0.15) is 11.4 Å². The minimum absolute atomic E-state index is 0.101. The smallest absolute Gasteiger partial charge is 0.416 e. The maximum Gasteiger partial charge on any atom is 0.416 e. The summed E-state index contributed by atoms with van der Waals surface area (Å²) in [5, 5.41) is 28.2. The van der Waals surface area contributed by atoms with Gasteiger partial charge in [-0.25, -0.2) is 0 Å². The number of nitrogens with zero attached hydrogens (tertiary/aromatic N) is 3. The molecule has 0 bridgehead atoms. The molecule has 2 rings (SSSR count). The van der Waals surface area contributed by atoms with Crippen LogP contribution in [0.2, 0.25) is 0 Å². The lowest BCUT2D eigenvalue weighted by molar-refractivity contribution is -0.384. The number of aromatic hydroxyl groups is 1. The number of halogens is 3. The maximum atomic E-state index is 12.7. The maximum absolute atomic E-state index is 12.7. The molecule has 0 spiro atoms. The van der Waals surface area contributed by atoms with Crippen molar-refractivity contribution in [2.75, 3.05) is 0 Å². The number of phenolic OH excluding ortho intramolecular Hbond substituents is 1. The van der Waals surface area contributed by atoms with Crippen molar-refractivity contribution in [2.24, 2.45) is 10.2 Å². The molecule has 0 aromatic heterocycles. The van der Waals surface area contributed by atoms with Gasteiger partial charge in [0, 0.05) is 6.07 Å². The zero-order valence-electron chi connectivity index (χ0n) is 12.6. The van der Waals surface area contributed by atoms with Crippen LogP contribution in [-0.4, -0.2) is 10.0 Å². The number of hydrogen-bond donors (Lipinski definition) is 1. The number of rotatable bonds is 3. The van der Waals surface area contributed by atoms with Crippen LogP contribution in [0.15, 0.2) is 40.6 Å². The second-order valence-corrected chi connectivity index (χ2v) is 5.03. The van der Waals surface area contributed by atoms with Crippen molar-refractivity contribution in [3.05, 3.63) is 57.1 Å². The van der Waals surface area contributed by atoms with Crippen molar-refractivity contribution in [3.63, 3.8) is 0 Å². The molecule has 0 fully saturated rings. The zero-order chi connectivity index (χ0) is 18.1. The van der Waals surface area contributed by atoms with Gasteiger partial charge in [0.2, 0.25) is 0 Å². The standard InChI is InChI=1S/C15H12F3N3O3/c1-8-3-6-13(22)14(9(8)2)20-19-11-5-4-10(15(16,17)18)7-12(11)21(23)24/h3-7,22H,1-2H3/b20-19+. The number of azo groups is 1. The quantitative estimate of drug-likeness (QED) is 0.464. The number of aryl methyl sites for hydroxylation is 1. The minimum atomic E-state index is -4.70. The molecule has 0 atom stereocenters. The molecule has 0 saturated heterocycles. The van der Waals surface area contributed by atoms with E-state index in [9.17, 15) is 28.4 Å². The Morgan fingerprint density at radius 3 is 2.38 bits per heavy atom. The Morgan fingerprint density at radius 1 is 1.12 bits per heavy atom. The topological polar surface area (TPSA) is 88.1 Å². The first kappa shape index (κ1) is 17.4. The summed E-state index contributed by atoms with van der Waals surface area (Å²) in [6, 6.07) is 5.00. The molecular weight excluding hydrogens is 327 g/mol. The van der Waals surface area contributed by atoms with Crippen LogP contribution in [-0.2, 0) is 6.18 Å². The van der Waals surface area contributed by atoms with Crippen molar-refractivity contribution in [1.29, 1.82) is 0 Å². The SMILES string of the molecule is Cc1ccc(O)c(/N=N/c2ccc(C(F)(F)F)cc2[N+](=O)[O-])c1C. The minimum Gasteiger partial charge on any atom is -0.506 e. The highest BCUT2D eigenvalue weighted by Gasteiger charge is 2.33. The largest absolute Gasteiger partial charge is 0.506 e. The number of benzene rings is 2. The fraction of sp³-hybridized carbons (Fsp3) is 0.200. The molecule has 0 aliphatic carbocycles. The Labute approximate surface area is 134 Å². The van der Waals surface area contributed by atoms with Gasteiger partial charge in [0.25, 0.3) is 5.69 Å². The third-order valence-electron chi connectivity index (χ3n) is 3.44. The Kier molecular flexibility index (Phi) is 4.54. The third-order valence-corrected chi connectivity index (χ3v) is 3.44. The predicted octanol–water partition coefficient (Wildman–Crippen LogP) is 5.35. The summed E-state index contributed by atoms with van der Waals surface area (Å²) in [5.41, 5.74) is -0.796. The summed E-state index contributed by atoms with van der Waals surface area (Å²) in [6.45, 7) is 3.44. The van der Waals surface area contributed by atoms with E-state index in [4.69, 9.17) is 0 Å². The highest BCUT2D eigenvalue weighted by Crippen LogP contribution is 2.38. The molecule has 0 saturated carbocycles. The van der Waals surface area contributed by atoms with Crippen molar-refractivity contribution in [1.82, 2.24) is 0 Å². The van der Waals surface area contributed by atoms with Crippen molar-refractivity contribution < 1.29 is 23.2 Å². The van der Waals surface area contributed by atoms with Crippen LogP contribution in [0.1, 0.15) is 16.7 Å². The van der Waals surface area contributed by atoms with Gasteiger partial charge in [0.15, 0.2) is 5.69 Å². The monoisotopic (exact) mass is 339 g/mol. The van der Waals surface area contributed by atoms with E-state index in [0.29, 0.717) is 17.7 Å². The Balaban J connectivity index is 2.51. The lowest BCUT2D eigenvalue weighted by Gasteiger charge is -2.07. The van der Waals surface area contributed by atoms with Crippen LogP contribution in [0.4, 0.5) is 30.2 Å². The van der Waals surface area contributed by atoms with Crippen molar-refractivity contribution >= 4 is 17.1 Å². The van der Waals surface area contributed by atoms with E-state index in [-0.39, 0.29) is 17.1 Å². The fourth-order valence-corrected chi connectivity index (χ4v) is 1.95. The molecule has 0 unspecified atom stereocenters. The van der Waals surface area contributed by atoms with Gasteiger partial charge in [-0.2, -0.15) is 13.2 Å². The Hall–Kier alpha value is -2.97. The van der Waals surface area contributed by atoms with E-state index in [1.807, 2.05) is 0 Å². The highest BCUT2D eigenvalue weighted by molar-refractivity contribution is 5.61. The predicted molar refractivity (Wildman–Crippen MR) is 79.9 cm³/mol. The van der Waals surface area contributed by atoms with Crippen LogP contribution in [0, 0.1) is 24.0 Å². The second kappa shape index (κ2) is 6.26. The second-order valence-electron chi connectivity index (χ2n) is 5.03. The lowest BCUT2D eigenvalue weighted by Crippen LogP contribution is -2.05. The summed E-state index contributed by atoms with van der Waals surface area (Å²) in [5.74, 6) is -0.184. The summed E-state index contributed by atoms with van der Waals surface area (Å²) in [6.07, 6.45) is -4.70. The molecule has 1 N–H and O–H groups in total. The molecule has 0 aliphatic heterocycles. The molecule has 6 nitrogen and oxygen atoms in total. The van der Waals surface area contributed by atoms with E-state index in [1.165, 1.54) is 6.07 Å². The molecule has 9 heteroatoms. The lowest BCUT2D eigenvalue weighted by atomic mass is 10.1. The number of alkyl halides is 3. The Morgan fingerprint density at radius 2 is 1.79 bits per heavy atom. The van der Waals surface area contributed by atoms with E-state index < -0.39 is 22.4 Å². The summed E-state index contributed by atoms with van der Waals surface area (Å²) in [4.78, 5) is 10.0. The molecule has 0 heterocycles. The molecule has 126 valence electrons. The van der Waals surface area contributed by atoms with Gasteiger partial charge in [-0.15, -0.1) is 10.2 Å². The summed E-state index contributed by atoms with van der Waals surface area (Å²) >= 11 is 0. The van der Waals surface area contributed by atoms with E-state index in [2.05, 4.69) is 10.2 Å². The molecule has 2 aromatic carbocycles. The van der Waals surface area contributed by atoms with Gasteiger partial charge >= 0.3 is 6.18 Å². The van der Waals surface area contributed by atoms with Gasteiger partial charge < -0.3 is 5.11 Å².